The van der Waals surface area contributed by atoms with Gasteiger partial charge in [0, 0.05) is 49.8 Å². The van der Waals surface area contributed by atoms with Gasteiger partial charge in [-0.25, -0.2) is 0 Å². The van der Waals surface area contributed by atoms with E-state index >= 15 is 0 Å². The number of thioether (sulfide) groups is 2. The highest BCUT2D eigenvalue weighted by Crippen LogP contribution is 2.45. The minimum absolute atomic E-state index is 0.169. The monoisotopic (exact) mass is 384 g/mol. The molecule has 136 valence electrons. The molecule has 0 bridgehead atoms. The van der Waals surface area contributed by atoms with Crippen molar-refractivity contribution in [1.82, 2.24) is 9.80 Å². The maximum absolute atomic E-state index is 12.8. The average molecular weight is 385 g/mol. The highest BCUT2D eigenvalue weighted by atomic mass is 32.2. The van der Waals surface area contributed by atoms with Gasteiger partial charge in [-0.3, -0.25) is 9.69 Å². The van der Waals surface area contributed by atoms with Crippen LogP contribution in [0.2, 0.25) is 0 Å². The fraction of sp³-hybridized carbons (Fsp3) is 0.381. The van der Waals surface area contributed by atoms with Crippen LogP contribution in [-0.4, -0.2) is 53.4 Å². The predicted octanol–water partition coefficient (Wildman–Crippen LogP) is 4.12. The Kier molecular flexibility index (Phi) is 5.88. The SMILES string of the molecule is O=C(c1ccc(C2SCCS2)cc1)N1CCN(Cc2ccccc2)CC1. The van der Waals surface area contributed by atoms with E-state index in [0.717, 1.165) is 38.3 Å². The zero-order valence-corrected chi connectivity index (χ0v) is 16.5. The molecule has 0 radical (unpaired) electrons. The summed E-state index contributed by atoms with van der Waals surface area (Å²) in [7, 11) is 0. The first-order chi connectivity index (χ1) is 12.8. The maximum atomic E-state index is 12.8. The molecule has 2 aromatic carbocycles. The zero-order valence-electron chi connectivity index (χ0n) is 14.8. The Morgan fingerprint density at radius 3 is 2.19 bits per heavy atom. The minimum Gasteiger partial charge on any atom is -0.336 e. The smallest absolute Gasteiger partial charge is 0.253 e. The minimum atomic E-state index is 0.169. The average Bonchev–Trinajstić information content (AvgIpc) is 3.24. The number of rotatable bonds is 4. The van der Waals surface area contributed by atoms with Gasteiger partial charge in [0.1, 0.15) is 0 Å². The normalized spacial score (nSPS) is 19.0. The molecule has 2 fully saturated rings. The summed E-state index contributed by atoms with van der Waals surface area (Å²) in [4.78, 5) is 17.2. The summed E-state index contributed by atoms with van der Waals surface area (Å²) >= 11 is 4.00. The Bertz CT molecular complexity index is 721. The number of carbonyl (C=O) groups excluding carboxylic acids is 1. The third-order valence-corrected chi connectivity index (χ3v) is 8.06. The summed E-state index contributed by atoms with van der Waals surface area (Å²) in [5.41, 5.74) is 3.49. The molecule has 2 aliphatic rings. The second-order valence-electron chi connectivity index (χ2n) is 6.75. The third-order valence-electron chi connectivity index (χ3n) is 4.96. The summed E-state index contributed by atoms with van der Waals surface area (Å²) in [6.45, 7) is 4.46. The van der Waals surface area contributed by atoms with Crippen molar-refractivity contribution in [2.24, 2.45) is 0 Å². The van der Waals surface area contributed by atoms with E-state index in [-0.39, 0.29) is 5.91 Å². The Balaban J connectivity index is 1.31. The van der Waals surface area contributed by atoms with Gasteiger partial charge >= 0.3 is 0 Å². The fourth-order valence-electron chi connectivity index (χ4n) is 3.47. The van der Waals surface area contributed by atoms with Crippen LogP contribution in [0.5, 0.6) is 0 Å². The van der Waals surface area contributed by atoms with Crippen LogP contribution in [0.4, 0.5) is 0 Å². The van der Waals surface area contributed by atoms with Crippen molar-refractivity contribution < 1.29 is 4.79 Å². The molecular weight excluding hydrogens is 360 g/mol. The van der Waals surface area contributed by atoms with Crippen molar-refractivity contribution in [1.29, 1.82) is 0 Å². The maximum Gasteiger partial charge on any atom is 0.253 e. The highest BCUT2D eigenvalue weighted by Gasteiger charge is 2.23. The lowest BCUT2D eigenvalue weighted by atomic mass is 10.1. The largest absolute Gasteiger partial charge is 0.336 e. The van der Waals surface area contributed by atoms with Crippen LogP contribution in [0.3, 0.4) is 0 Å². The van der Waals surface area contributed by atoms with Crippen molar-refractivity contribution in [3.05, 3.63) is 71.3 Å². The van der Waals surface area contributed by atoms with Crippen LogP contribution in [0, 0.1) is 0 Å². The molecule has 2 heterocycles. The van der Waals surface area contributed by atoms with E-state index < -0.39 is 0 Å². The van der Waals surface area contributed by atoms with Crippen LogP contribution in [0.1, 0.15) is 26.1 Å². The van der Waals surface area contributed by atoms with E-state index in [1.807, 2.05) is 40.6 Å². The molecule has 0 spiro atoms. The third kappa shape index (κ3) is 4.27. The Morgan fingerprint density at radius 2 is 1.54 bits per heavy atom. The van der Waals surface area contributed by atoms with Crippen molar-refractivity contribution in [3.8, 4) is 0 Å². The summed E-state index contributed by atoms with van der Waals surface area (Å²) < 4.78 is 0.542. The van der Waals surface area contributed by atoms with Crippen molar-refractivity contribution >= 4 is 29.4 Å². The van der Waals surface area contributed by atoms with Gasteiger partial charge in [0.25, 0.3) is 5.91 Å². The van der Waals surface area contributed by atoms with Crippen LogP contribution >= 0.6 is 23.5 Å². The number of hydrogen-bond donors (Lipinski definition) is 0. The molecule has 0 unspecified atom stereocenters. The first-order valence-electron chi connectivity index (χ1n) is 9.18. The van der Waals surface area contributed by atoms with Gasteiger partial charge < -0.3 is 4.90 Å². The molecule has 4 rings (SSSR count). The molecule has 26 heavy (non-hydrogen) atoms. The van der Waals surface area contributed by atoms with Gasteiger partial charge in [-0.05, 0) is 23.3 Å². The van der Waals surface area contributed by atoms with Gasteiger partial charge in [0.15, 0.2) is 0 Å². The summed E-state index contributed by atoms with van der Waals surface area (Å²) in [6, 6.07) is 18.8. The topological polar surface area (TPSA) is 23.6 Å². The summed E-state index contributed by atoms with van der Waals surface area (Å²) in [5.74, 6) is 2.62. The lowest BCUT2D eigenvalue weighted by Gasteiger charge is -2.34. The first kappa shape index (κ1) is 18.0. The molecule has 0 saturated carbocycles. The zero-order chi connectivity index (χ0) is 17.8. The Hall–Kier alpha value is -1.43. The standard InChI is InChI=1S/C21H24N2OS2/c24-20(18-6-8-19(9-7-18)21-25-14-15-26-21)23-12-10-22(11-13-23)16-17-4-2-1-3-5-17/h1-9,21H,10-16H2. The molecule has 0 atom stereocenters. The van der Waals surface area contributed by atoms with E-state index in [0.29, 0.717) is 4.58 Å². The van der Waals surface area contributed by atoms with Crippen LogP contribution in [0.15, 0.2) is 54.6 Å². The quantitative estimate of drug-likeness (QED) is 0.791. The fourth-order valence-corrected chi connectivity index (χ4v) is 6.33. The molecule has 1 amide bonds. The van der Waals surface area contributed by atoms with E-state index in [1.54, 1.807) is 0 Å². The molecule has 5 heteroatoms. The molecule has 2 saturated heterocycles. The summed E-state index contributed by atoms with van der Waals surface area (Å²) in [6.07, 6.45) is 0. The Morgan fingerprint density at radius 1 is 0.885 bits per heavy atom. The van der Waals surface area contributed by atoms with Gasteiger partial charge in [0.2, 0.25) is 0 Å². The van der Waals surface area contributed by atoms with Crippen molar-refractivity contribution in [2.75, 3.05) is 37.7 Å². The second kappa shape index (κ2) is 8.51. The predicted molar refractivity (Wildman–Crippen MR) is 112 cm³/mol. The van der Waals surface area contributed by atoms with Gasteiger partial charge in [0.05, 0.1) is 4.58 Å². The molecule has 0 N–H and O–H groups in total. The van der Waals surface area contributed by atoms with Gasteiger partial charge in [-0.1, -0.05) is 42.5 Å². The lowest BCUT2D eigenvalue weighted by molar-refractivity contribution is 0.0628. The number of piperazine rings is 1. The van der Waals surface area contributed by atoms with Gasteiger partial charge in [-0.15, -0.1) is 23.5 Å². The number of benzene rings is 2. The molecule has 0 aromatic heterocycles. The van der Waals surface area contributed by atoms with Crippen LogP contribution in [-0.2, 0) is 6.54 Å². The number of carbonyl (C=O) groups is 1. The van der Waals surface area contributed by atoms with Gasteiger partial charge in [-0.2, -0.15) is 0 Å². The van der Waals surface area contributed by atoms with E-state index in [9.17, 15) is 4.79 Å². The summed E-state index contributed by atoms with van der Waals surface area (Å²) in [5, 5.41) is 0. The number of amides is 1. The van der Waals surface area contributed by atoms with Crippen molar-refractivity contribution in [2.45, 2.75) is 11.1 Å². The number of hydrogen-bond acceptors (Lipinski definition) is 4. The second-order valence-corrected chi connectivity index (χ2v) is 9.47. The van der Waals surface area contributed by atoms with E-state index in [4.69, 9.17) is 0 Å². The molecule has 2 aliphatic heterocycles. The lowest BCUT2D eigenvalue weighted by Crippen LogP contribution is -2.48. The molecule has 3 nitrogen and oxygen atoms in total. The molecule has 0 aliphatic carbocycles. The van der Waals surface area contributed by atoms with Crippen LogP contribution < -0.4 is 0 Å². The van der Waals surface area contributed by atoms with Crippen LogP contribution in [0.25, 0.3) is 0 Å². The first-order valence-corrected chi connectivity index (χ1v) is 11.3. The van der Waals surface area contributed by atoms with Crippen molar-refractivity contribution in [3.63, 3.8) is 0 Å². The van der Waals surface area contributed by atoms with E-state index in [2.05, 4.69) is 47.4 Å². The molecule has 2 aromatic rings. The number of nitrogens with zero attached hydrogens (tertiary/aromatic N) is 2. The highest BCUT2D eigenvalue weighted by molar-refractivity contribution is 8.19. The van der Waals surface area contributed by atoms with E-state index in [1.165, 1.54) is 22.6 Å². The molecular formula is C21H24N2OS2. The Labute approximate surface area is 164 Å².